The normalized spacial score (nSPS) is 12.3. The van der Waals surface area contributed by atoms with Crippen LogP contribution in [-0.4, -0.2) is 24.0 Å². The van der Waals surface area contributed by atoms with Crippen molar-refractivity contribution in [3.63, 3.8) is 0 Å². The van der Waals surface area contributed by atoms with Gasteiger partial charge in [-0.15, -0.1) is 0 Å². The van der Waals surface area contributed by atoms with Crippen LogP contribution in [0.25, 0.3) is 10.8 Å². The van der Waals surface area contributed by atoms with Gasteiger partial charge in [0.2, 0.25) is 0 Å². The molecule has 0 aromatic heterocycles. The zero-order valence-electron chi connectivity index (χ0n) is 11.7. The van der Waals surface area contributed by atoms with Crippen molar-refractivity contribution in [2.24, 2.45) is 0 Å². The van der Waals surface area contributed by atoms with Crippen molar-refractivity contribution in [3.8, 4) is 0 Å². The maximum Gasteiger partial charge on any atom is 0.252 e. The Labute approximate surface area is 122 Å². The van der Waals surface area contributed by atoms with Gasteiger partial charge in [-0.2, -0.15) is 11.8 Å². The van der Waals surface area contributed by atoms with Gasteiger partial charge in [-0.3, -0.25) is 4.79 Å². The van der Waals surface area contributed by atoms with Crippen molar-refractivity contribution in [1.82, 2.24) is 5.32 Å². The molecule has 0 saturated carbocycles. The minimum absolute atomic E-state index is 0.137. The van der Waals surface area contributed by atoms with Crippen LogP contribution in [0, 0.1) is 5.82 Å². The highest BCUT2D eigenvalue weighted by Gasteiger charge is 2.15. The summed E-state index contributed by atoms with van der Waals surface area (Å²) in [7, 11) is 0. The van der Waals surface area contributed by atoms with E-state index >= 15 is 0 Å². The van der Waals surface area contributed by atoms with Crippen LogP contribution < -0.4 is 5.32 Å². The lowest BCUT2D eigenvalue weighted by atomic mass is 10.0. The molecule has 1 atom stereocenters. The van der Waals surface area contributed by atoms with E-state index in [1.165, 1.54) is 6.07 Å². The predicted octanol–water partition coefficient (Wildman–Crippen LogP) is 3.85. The van der Waals surface area contributed by atoms with E-state index in [0.29, 0.717) is 16.3 Å². The molecule has 4 heteroatoms. The van der Waals surface area contributed by atoms with Crippen molar-refractivity contribution >= 4 is 28.4 Å². The van der Waals surface area contributed by atoms with E-state index in [1.807, 2.05) is 19.2 Å². The van der Waals surface area contributed by atoms with Gasteiger partial charge in [0.05, 0.1) is 0 Å². The van der Waals surface area contributed by atoms with Crippen LogP contribution in [-0.2, 0) is 0 Å². The Kier molecular flexibility index (Phi) is 5.01. The number of rotatable bonds is 5. The number of benzene rings is 2. The van der Waals surface area contributed by atoms with Crippen molar-refractivity contribution in [1.29, 1.82) is 0 Å². The fourth-order valence-electron chi connectivity index (χ4n) is 2.19. The average Bonchev–Trinajstić information content (AvgIpc) is 2.47. The molecule has 2 nitrogen and oxygen atoms in total. The molecule has 0 aliphatic heterocycles. The van der Waals surface area contributed by atoms with Gasteiger partial charge in [0.25, 0.3) is 5.91 Å². The molecule has 0 spiro atoms. The van der Waals surface area contributed by atoms with E-state index in [1.54, 1.807) is 36.0 Å². The highest BCUT2D eigenvalue weighted by molar-refractivity contribution is 7.98. The molecule has 2 rings (SSSR count). The first kappa shape index (κ1) is 14.9. The SMILES string of the molecule is CCC(CSC)NC(=O)c1ccc(F)c2ccccc12. The third-order valence-corrected chi connectivity index (χ3v) is 4.05. The monoisotopic (exact) mass is 291 g/mol. The first-order valence-corrected chi connectivity index (χ1v) is 8.03. The molecular weight excluding hydrogens is 273 g/mol. The smallest absolute Gasteiger partial charge is 0.252 e. The molecule has 20 heavy (non-hydrogen) atoms. The molecule has 106 valence electrons. The van der Waals surface area contributed by atoms with E-state index in [-0.39, 0.29) is 17.8 Å². The summed E-state index contributed by atoms with van der Waals surface area (Å²) < 4.78 is 13.7. The molecule has 1 amide bonds. The Morgan fingerprint density at radius 3 is 2.60 bits per heavy atom. The maximum atomic E-state index is 13.7. The van der Waals surface area contributed by atoms with Crippen LogP contribution in [0.4, 0.5) is 4.39 Å². The van der Waals surface area contributed by atoms with E-state index in [4.69, 9.17) is 0 Å². The number of amides is 1. The number of hydrogen-bond donors (Lipinski definition) is 1. The van der Waals surface area contributed by atoms with Crippen molar-refractivity contribution in [2.45, 2.75) is 19.4 Å². The molecule has 2 aromatic rings. The lowest BCUT2D eigenvalue weighted by Gasteiger charge is -2.16. The van der Waals surface area contributed by atoms with Gasteiger partial charge in [-0.05, 0) is 30.2 Å². The third-order valence-electron chi connectivity index (χ3n) is 3.31. The number of hydrogen-bond acceptors (Lipinski definition) is 2. The lowest BCUT2D eigenvalue weighted by Crippen LogP contribution is -2.36. The summed E-state index contributed by atoms with van der Waals surface area (Å²) in [5, 5.41) is 4.15. The number of carbonyl (C=O) groups excluding carboxylic acids is 1. The van der Waals surface area contributed by atoms with Crippen LogP contribution in [0.2, 0.25) is 0 Å². The van der Waals surface area contributed by atoms with Crippen LogP contribution in [0.15, 0.2) is 36.4 Å². The van der Waals surface area contributed by atoms with Gasteiger partial charge in [-0.25, -0.2) is 4.39 Å². The second kappa shape index (κ2) is 6.75. The number of fused-ring (bicyclic) bond motifs is 1. The summed E-state index contributed by atoms with van der Waals surface area (Å²) in [6.07, 6.45) is 2.90. The summed E-state index contributed by atoms with van der Waals surface area (Å²) >= 11 is 1.70. The molecule has 0 saturated heterocycles. The fraction of sp³-hybridized carbons (Fsp3) is 0.312. The number of nitrogens with one attached hydrogen (secondary N) is 1. The average molecular weight is 291 g/mol. The van der Waals surface area contributed by atoms with Crippen LogP contribution in [0.3, 0.4) is 0 Å². The Bertz CT molecular complexity index is 614. The molecule has 0 aliphatic carbocycles. The fourth-order valence-corrected chi connectivity index (χ4v) is 2.91. The van der Waals surface area contributed by atoms with Gasteiger partial charge >= 0.3 is 0 Å². The molecule has 1 unspecified atom stereocenters. The lowest BCUT2D eigenvalue weighted by molar-refractivity contribution is 0.0941. The molecule has 1 N–H and O–H groups in total. The highest BCUT2D eigenvalue weighted by atomic mass is 32.2. The Hall–Kier alpha value is -1.55. The van der Waals surface area contributed by atoms with Crippen LogP contribution >= 0.6 is 11.8 Å². The van der Waals surface area contributed by atoms with Crippen molar-refractivity contribution in [2.75, 3.05) is 12.0 Å². The second-order valence-electron chi connectivity index (χ2n) is 4.67. The molecule has 0 radical (unpaired) electrons. The Morgan fingerprint density at radius 2 is 1.95 bits per heavy atom. The number of halogens is 1. The topological polar surface area (TPSA) is 29.1 Å². The van der Waals surface area contributed by atoms with Crippen molar-refractivity contribution in [3.05, 3.63) is 47.8 Å². The van der Waals surface area contributed by atoms with E-state index in [0.717, 1.165) is 12.2 Å². The largest absolute Gasteiger partial charge is 0.348 e. The minimum Gasteiger partial charge on any atom is -0.348 e. The van der Waals surface area contributed by atoms with E-state index in [9.17, 15) is 9.18 Å². The summed E-state index contributed by atoms with van der Waals surface area (Å²) in [4.78, 5) is 12.4. The predicted molar refractivity (Wildman–Crippen MR) is 83.8 cm³/mol. The second-order valence-corrected chi connectivity index (χ2v) is 5.59. The first-order chi connectivity index (χ1) is 9.67. The quantitative estimate of drug-likeness (QED) is 0.906. The molecule has 2 aromatic carbocycles. The molecule has 0 heterocycles. The van der Waals surface area contributed by atoms with Crippen LogP contribution in [0.1, 0.15) is 23.7 Å². The highest BCUT2D eigenvalue weighted by Crippen LogP contribution is 2.22. The summed E-state index contributed by atoms with van der Waals surface area (Å²) in [6.45, 7) is 2.05. The summed E-state index contributed by atoms with van der Waals surface area (Å²) in [6, 6.07) is 10.1. The van der Waals surface area contributed by atoms with Crippen LogP contribution in [0.5, 0.6) is 0 Å². The van der Waals surface area contributed by atoms with Gasteiger partial charge in [-0.1, -0.05) is 31.2 Å². The number of carbonyl (C=O) groups is 1. The molecule has 0 bridgehead atoms. The van der Waals surface area contributed by atoms with E-state index < -0.39 is 0 Å². The standard InChI is InChI=1S/C16H18FNOS/c1-3-11(10-20-2)18-16(19)14-8-9-15(17)13-7-5-4-6-12(13)14/h4-9,11H,3,10H2,1-2H3,(H,18,19). The molecular formula is C16H18FNOS. The van der Waals surface area contributed by atoms with Gasteiger partial charge in [0, 0.05) is 22.7 Å². The van der Waals surface area contributed by atoms with Gasteiger partial charge in [0.1, 0.15) is 5.82 Å². The molecule has 0 fully saturated rings. The first-order valence-electron chi connectivity index (χ1n) is 6.64. The summed E-state index contributed by atoms with van der Waals surface area (Å²) in [5.41, 5.74) is 0.529. The van der Waals surface area contributed by atoms with Crippen molar-refractivity contribution < 1.29 is 9.18 Å². The van der Waals surface area contributed by atoms with Gasteiger partial charge < -0.3 is 5.32 Å². The Morgan fingerprint density at radius 1 is 1.25 bits per heavy atom. The number of thioether (sulfide) groups is 1. The van der Waals surface area contributed by atoms with Gasteiger partial charge in [0.15, 0.2) is 0 Å². The zero-order valence-corrected chi connectivity index (χ0v) is 12.5. The molecule has 0 aliphatic rings. The maximum absolute atomic E-state index is 13.7. The zero-order chi connectivity index (χ0) is 14.5. The van der Waals surface area contributed by atoms with E-state index in [2.05, 4.69) is 5.32 Å². The summed E-state index contributed by atoms with van der Waals surface area (Å²) in [5.74, 6) is 0.442. The third kappa shape index (κ3) is 3.12. The minimum atomic E-state index is -0.298. The Balaban J connectivity index is 2.33.